The third-order valence-corrected chi connectivity index (χ3v) is 5.11. The van der Waals surface area contributed by atoms with Crippen LogP contribution in [0.2, 0.25) is 0 Å². The average molecular weight is 427 g/mol. The number of hydrogen-bond acceptors (Lipinski definition) is 3. The summed E-state index contributed by atoms with van der Waals surface area (Å²) < 4.78 is 19.4. The zero-order chi connectivity index (χ0) is 16.3. The van der Waals surface area contributed by atoms with E-state index in [2.05, 4.69) is 31.9 Å². The summed E-state index contributed by atoms with van der Waals surface area (Å²) >= 11 is 6.60. The van der Waals surface area contributed by atoms with Gasteiger partial charge in [0.05, 0.1) is 23.2 Å². The predicted octanol–water partition coefficient (Wildman–Crippen LogP) is 5.13. The van der Waals surface area contributed by atoms with E-state index in [1.165, 1.54) is 25.3 Å². The van der Waals surface area contributed by atoms with Gasteiger partial charge in [0.1, 0.15) is 5.82 Å². The molecule has 0 fully saturated rings. The normalized spacial score (nSPS) is 11.1. The van der Waals surface area contributed by atoms with Crippen LogP contribution in [0.1, 0.15) is 11.1 Å². The van der Waals surface area contributed by atoms with Crippen LogP contribution in [0, 0.1) is 17.1 Å². The summed E-state index contributed by atoms with van der Waals surface area (Å²) in [6.45, 7) is 0. The molecule has 0 saturated carbocycles. The average Bonchev–Trinajstić information content (AvgIpc) is 2.52. The largest absolute Gasteiger partial charge is 0.503 e. The molecule has 2 aromatic carbocycles. The molecular weight excluding hydrogens is 417 g/mol. The number of nitriles is 1. The first kappa shape index (κ1) is 16.5. The van der Waals surface area contributed by atoms with Crippen molar-refractivity contribution in [2.75, 3.05) is 7.11 Å². The predicted molar refractivity (Wildman–Crippen MR) is 89.9 cm³/mol. The third-order valence-electron chi connectivity index (χ3n) is 2.95. The lowest BCUT2D eigenvalue weighted by Gasteiger charge is -2.10. The number of halogens is 3. The number of ether oxygens (including phenoxy) is 1. The Bertz CT molecular complexity index is 797. The lowest BCUT2D eigenvalue weighted by atomic mass is 10.0. The quantitative estimate of drug-likeness (QED) is 0.546. The first-order chi connectivity index (χ1) is 10.5. The SMILES string of the molecule is COc1cc(/C=C(/C#N)c2cccc(F)c2)c(Br)c(Br)c1O. The smallest absolute Gasteiger partial charge is 0.173 e. The molecule has 0 saturated heterocycles. The molecule has 3 nitrogen and oxygen atoms in total. The number of benzene rings is 2. The Morgan fingerprint density at radius 1 is 1.32 bits per heavy atom. The second kappa shape index (κ2) is 6.95. The summed E-state index contributed by atoms with van der Waals surface area (Å²) in [5.41, 5.74) is 1.37. The number of nitrogens with zero attached hydrogens (tertiary/aromatic N) is 1. The first-order valence-corrected chi connectivity index (χ1v) is 7.69. The van der Waals surface area contributed by atoms with Crippen molar-refractivity contribution >= 4 is 43.5 Å². The molecule has 1 N–H and O–H groups in total. The van der Waals surface area contributed by atoms with Crippen LogP contribution in [0.3, 0.4) is 0 Å². The maximum absolute atomic E-state index is 13.3. The summed E-state index contributed by atoms with van der Waals surface area (Å²) in [6.07, 6.45) is 1.59. The fourth-order valence-corrected chi connectivity index (χ4v) is 2.71. The Hall–Kier alpha value is -1.84. The number of methoxy groups -OCH3 is 1. The maximum atomic E-state index is 13.3. The molecule has 0 aliphatic rings. The van der Waals surface area contributed by atoms with Gasteiger partial charge in [-0.1, -0.05) is 12.1 Å². The molecule has 2 aromatic rings. The van der Waals surface area contributed by atoms with Gasteiger partial charge in [-0.25, -0.2) is 4.39 Å². The van der Waals surface area contributed by atoms with E-state index in [-0.39, 0.29) is 11.5 Å². The van der Waals surface area contributed by atoms with Gasteiger partial charge in [0.25, 0.3) is 0 Å². The molecule has 2 rings (SSSR count). The molecule has 0 radical (unpaired) electrons. The summed E-state index contributed by atoms with van der Waals surface area (Å²) in [7, 11) is 1.43. The topological polar surface area (TPSA) is 53.2 Å². The number of phenolic OH excluding ortho intramolecular Hbond substituents is 1. The minimum atomic E-state index is -0.415. The van der Waals surface area contributed by atoms with Gasteiger partial charge in [-0.05, 0) is 67.3 Å². The Balaban J connectivity index is 2.60. The Kier molecular flexibility index (Phi) is 5.22. The van der Waals surface area contributed by atoms with Crippen molar-refractivity contribution in [1.29, 1.82) is 5.26 Å². The van der Waals surface area contributed by atoms with Crippen LogP contribution in [0.25, 0.3) is 11.6 Å². The summed E-state index contributed by atoms with van der Waals surface area (Å²) in [5.74, 6) is -0.198. The molecule has 0 unspecified atom stereocenters. The van der Waals surface area contributed by atoms with Crippen LogP contribution < -0.4 is 4.74 Å². The summed E-state index contributed by atoms with van der Waals surface area (Å²) in [6, 6.07) is 9.42. The summed E-state index contributed by atoms with van der Waals surface area (Å²) in [5, 5.41) is 19.2. The van der Waals surface area contributed by atoms with Crippen molar-refractivity contribution in [2.24, 2.45) is 0 Å². The molecule has 6 heteroatoms. The summed E-state index contributed by atoms with van der Waals surface area (Å²) in [4.78, 5) is 0. The van der Waals surface area contributed by atoms with Gasteiger partial charge in [-0.2, -0.15) is 5.26 Å². The van der Waals surface area contributed by atoms with Gasteiger partial charge in [0.15, 0.2) is 11.5 Å². The van der Waals surface area contributed by atoms with E-state index in [4.69, 9.17) is 4.74 Å². The van der Waals surface area contributed by atoms with E-state index in [0.29, 0.717) is 25.6 Å². The molecule has 0 amide bonds. The third kappa shape index (κ3) is 3.32. The molecule has 0 aromatic heterocycles. The van der Waals surface area contributed by atoms with Crippen molar-refractivity contribution in [2.45, 2.75) is 0 Å². The Labute approximate surface area is 143 Å². The highest BCUT2D eigenvalue weighted by Gasteiger charge is 2.14. The van der Waals surface area contributed by atoms with Gasteiger partial charge in [0.2, 0.25) is 0 Å². The van der Waals surface area contributed by atoms with E-state index in [9.17, 15) is 14.8 Å². The number of hydrogen-bond donors (Lipinski definition) is 1. The van der Waals surface area contributed by atoms with Gasteiger partial charge < -0.3 is 9.84 Å². The van der Waals surface area contributed by atoms with Crippen molar-refractivity contribution < 1.29 is 14.2 Å². The monoisotopic (exact) mass is 425 g/mol. The van der Waals surface area contributed by atoms with Crippen LogP contribution >= 0.6 is 31.9 Å². The molecule has 0 spiro atoms. The Morgan fingerprint density at radius 2 is 2.05 bits per heavy atom. The van der Waals surface area contributed by atoms with Crippen molar-refractivity contribution in [3.63, 3.8) is 0 Å². The lowest BCUT2D eigenvalue weighted by Crippen LogP contribution is -1.89. The highest BCUT2D eigenvalue weighted by atomic mass is 79.9. The molecule has 0 atom stereocenters. The standard InChI is InChI=1S/C16H10Br2FNO2/c1-22-13-7-10(14(17)15(18)16(13)21)5-11(8-20)9-3-2-4-12(19)6-9/h2-7,21H,1H3/b11-5-. The second-order valence-corrected chi connectivity index (χ2v) is 5.91. The number of rotatable bonds is 3. The fourth-order valence-electron chi connectivity index (χ4n) is 1.86. The lowest BCUT2D eigenvalue weighted by molar-refractivity contribution is 0.371. The maximum Gasteiger partial charge on any atom is 0.173 e. The van der Waals surface area contributed by atoms with Gasteiger partial charge in [0, 0.05) is 4.47 Å². The van der Waals surface area contributed by atoms with Gasteiger partial charge in [-0.15, -0.1) is 0 Å². The molecule has 0 aliphatic carbocycles. The van der Waals surface area contributed by atoms with E-state index in [0.717, 1.165) is 0 Å². The molecule has 0 bridgehead atoms. The van der Waals surface area contributed by atoms with Crippen molar-refractivity contribution in [3.8, 4) is 17.6 Å². The minimum Gasteiger partial charge on any atom is -0.503 e. The van der Waals surface area contributed by atoms with Crippen LogP contribution in [0.5, 0.6) is 11.5 Å². The van der Waals surface area contributed by atoms with E-state index in [1.807, 2.05) is 6.07 Å². The molecule has 0 aliphatic heterocycles. The van der Waals surface area contributed by atoms with Crippen LogP contribution in [0.4, 0.5) is 4.39 Å². The van der Waals surface area contributed by atoms with E-state index >= 15 is 0 Å². The molecule has 22 heavy (non-hydrogen) atoms. The highest BCUT2D eigenvalue weighted by molar-refractivity contribution is 9.13. The van der Waals surface area contributed by atoms with Gasteiger partial charge in [-0.3, -0.25) is 0 Å². The van der Waals surface area contributed by atoms with Crippen LogP contribution in [0.15, 0.2) is 39.3 Å². The van der Waals surface area contributed by atoms with Gasteiger partial charge >= 0.3 is 0 Å². The zero-order valence-electron chi connectivity index (χ0n) is 11.4. The molecule has 0 heterocycles. The number of aromatic hydroxyl groups is 1. The highest BCUT2D eigenvalue weighted by Crippen LogP contribution is 2.42. The van der Waals surface area contributed by atoms with E-state index < -0.39 is 5.82 Å². The Morgan fingerprint density at radius 3 is 2.64 bits per heavy atom. The second-order valence-electron chi connectivity index (χ2n) is 4.32. The van der Waals surface area contributed by atoms with Crippen molar-refractivity contribution in [1.82, 2.24) is 0 Å². The molecular formula is C16H10Br2FNO2. The number of phenols is 1. The first-order valence-electron chi connectivity index (χ1n) is 6.10. The van der Waals surface area contributed by atoms with Crippen LogP contribution in [-0.2, 0) is 0 Å². The number of allylic oxidation sites excluding steroid dienone is 1. The van der Waals surface area contributed by atoms with Crippen molar-refractivity contribution in [3.05, 3.63) is 56.2 Å². The zero-order valence-corrected chi connectivity index (χ0v) is 14.6. The van der Waals surface area contributed by atoms with E-state index in [1.54, 1.807) is 18.2 Å². The minimum absolute atomic E-state index is 0.0456. The fraction of sp³-hybridized carbons (Fsp3) is 0.0625. The van der Waals surface area contributed by atoms with Crippen LogP contribution in [-0.4, -0.2) is 12.2 Å². The molecule has 112 valence electrons.